The fourth-order valence-corrected chi connectivity index (χ4v) is 4.51. The smallest absolute Gasteiger partial charge is 0.236 e. The van der Waals surface area contributed by atoms with Crippen molar-refractivity contribution in [1.82, 2.24) is 19.7 Å². The Morgan fingerprint density at radius 1 is 1.12 bits per heavy atom. The Bertz CT molecular complexity index is 1220. The molecule has 1 amide bonds. The molecule has 0 radical (unpaired) electrons. The molecule has 0 spiro atoms. The van der Waals surface area contributed by atoms with Crippen LogP contribution in [0.2, 0.25) is 0 Å². The van der Waals surface area contributed by atoms with Crippen molar-refractivity contribution in [2.45, 2.75) is 32.0 Å². The quantitative estimate of drug-likeness (QED) is 0.336. The van der Waals surface area contributed by atoms with Gasteiger partial charge < -0.3 is 14.6 Å². The largest absolute Gasteiger partial charge is 0.486 e. The normalized spacial score (nSPS) is 10.9. The van der Waals surface area contributed by atoms with E-state index in [1.54, 1.807) is 0 Å². The van der Waals surface area contributed by atoms with Crippen LogP contribution in [0.5, 0.6) is 5.75 Å². The first-order valence-corrected chi connectivity index (χ1v) is 12.4. The number of ether oxygens (including phenoxy) is 1. The third-order valence-electron chi connectivity index (χ3n) is 5.05. The summed E-state index contributed by atoms with van der Waals surface area (Å²) < 4.78 is 7.66. The van der Waals surface area contributed by atoms with Crippen LogP contribution in [0, 0.1) is 6.92 Å². The van der Waals surface area contributed by atoms with Crippen molar-refractivity contribution in [3.8, 4) is 17.0 Å². The van der Waals surface area contributed by atoms with E-state index in [1.165, 1.54) is 34.2 Å². The fraction of sp³-hybridized carbons (Fsp3) is 0.250. The molecule has 0 aliphatic rings. The van der Waals surface area contributed by atoms with Gasteiger partial charge in [0.1, 0.15) is 12.4 Å². The van der Waals surface area contributed by atoms with E-state index >= 15 is 0 Å². The molecule has 170 valence electrons. The molecule has 0 unspecified atom stereocenters. The summed E-state index contributed by atoms with van der Waals surface area (Å²) in [6.45, 7) is 4.48. The number of thioether (sulfide) groups is 1. The van der Waals surface area contributed by atoms with Gasteiger partial charge in [-0.1, -0.05) is 60.6 Å². The van der Waals surface area contributed by atoms with Gasteiger partial charge in [0.2, 0.25) is 5.91 Å². The summed E-state index contributed by atoms with van der Waals surface area (Å²) in [5.74, 6) is 1.56. The zero-order valence-corrected chi connectivity index (χ0v) is 20.4. The molecule has 7 nitrogen and oxygen atoms in total. The lowest BCUT2D eigenvalue weighted by atomic mass is 10.1. The van der Waals surface area contributed by atoms with Crippen LogP contribution in [-0.4, -0.2) is 31.4 Å². The van der Waals surface area contributed by atoms with Gasteiger partial charge in [0.25, 0.3) is 0 Å². The molecule has 0 saturated heterocycles. The fourth-order valence-electron chi connectivity index (χ4n) is 3.04. The van der Waals surface area contributed by atoms with E-state index in [0.29, 0.717) is 22.7 Å². The lowest BCUT2D eigenvalue weighted by Crippen LogP contribution is -2.14. The minimum atomic E-state index is -0.137. The third-order valence-corrected chi connectivity index (χ3v) is 6.83. The zero-order valence-electron chi connectivity index (χ0n) is 18.7. The summed E-state index contributed by atoms with van der Waals surface area (Å²) in [7, 11) is 1.87. The molecular weight excluding hydrogens is 454 g/mol. The maximum absolute atomic E-state index is 12.4. The van der Waals surface area contributed by atoms with E-state index in [0.717, 1.165) is 23.4 Å². The number of aryl methyl sites for hydroxylation is 2. The first-order valence-electron chi connectivity index (χ1n) is 10.6. The molecule has 4 aromatic rings. The predicted molar refractivity (Wildman–Crippen MR) is 133 cm³/mol. The Kier molecular flexibility index (Phi) is 7.41. The average Bonchev–Trinajstić information content (AvgIpc) is 3.43. The Balaban J connectivity index is 1.28. The minimum Gasteiger partial charge on any atom is -0.486 e. The SMILES string of the molecule is CCc1ccc(OCc2nnc(SCC(=O)Nc3nc(-c4ccc(C)cc4)cs3)n2C)cc1. The Hall–Kier alpha value is -3.17. The van der Waals surface area contributed by atoms with Crippen LogP contribution >= 0.6 is 23.1 Å². The standard InChI is InChI=1S/C24H25N5O2S2/c1-4-17-7-11-19(12-8-17)31-13-21-27-28-24(29(21)3)33-15-22(30)26-23-25-20(14-32-23)18-9-5-16(2)6-10-18/h5-12,14H,4,13,15H2,1-3H3,(H,25,26,30). The number of carbonyl (C=O) groups is 1. The van der Waals surface area contributed by atoms with E-state index in [9.17, 15) is 4.79 Å². The number of nitrogens with one attached hydrogen (secondary N) is 1. The summed E-state index contributed by atoms with van der Waals surface area (Å²) in [4.78, 5) is 16.9. The molecule has 0 atom stereocenters. The first-order chi connectivity index (χ1) is 16.0. The van der Waals surface area contributed by atoms with Crippen molar-refractivity contribution in [3.05, 3.63) is 70.9 Å². The Morgan fingerprint density at radius 2 is 1.88 bits per heavy atom. The first kappa shape index (κ1) is 23.0. The van der Waals surface area contributed by atoms with Gasteiger partial charge in [-0.25, -0.2) is 4.98 Å². The van der Waals surface area contributed by atoms with Crippen LogP contribution in [0.3, 0.4) is 0 Å². The van der Waals surface area contributed by atoms with Crippen molar-refractivity contribution in [2.24, 2.45) is 7.05 Å². The second-order valence-electron chi connectivity index (χ2n) is 7.48. The molecule has 0 aliphatic heterocycles. The topological polar surface area (TPSA) is 81.9 Å². The van der Waals surface area contributed by atoms with Gasteiger partial charge in [0.15, 0.2) is 16.1 Å². The number of hydrogen-bond acceptors (Lipinski definition) is 7. The summed E-state index contributed by atoms with van der Waals surface area (Å²) in [5.41, 5.74) is 4.35. The number of carbonyl (C=O) groups excluding carboxylic acids is 1. The van der Waals surface area contributed by atoms with Crippen molar-refractivity contribution in [3.63, 3.8) is 0 Å². The van der Waals surface area contributed by atoms with Crippen LogP contribution in [0.25, 0.3) is 11.3 Å². The second-order valence-corrected chi connectivity index (χ2v) is 9.29. The van der Waals surface area contributed by atoms with E-state index < -0.39 is 0 Å². The van der Waals surface area contributed by atoms with E-state index in [4.69, 9.17) is 4.74 Å². The van der Waals surface area contributed by atoms with Gasteiger partial charge in [-0.3, -0.25) is 4.79 Å². The van der Waals surface area contributed by atoms with Crippen LogP contribution in [-0.2, 0) is 24.9 Å². The highest BCUT2D eigenvalue weighted by molar-refractivity contribution is 7.99. The van der Waals surface area contributed by atoms with Crippen LogP contribution < -0.4 is 10.1 Å². The number of aromatic nitrogens is 4. The lowest BCUT2D eigenvalue weighted by molar-refractivity contribution is -0.113. The second kappa shape index (κ2) is 10.6. The molecule has 0 bridgehead atoms. The molecule has 0 aliphatic carbocycles. The lowest BCUT2D eigenvalue weighted by Gasteiger charge is -2.07. The Morgan fingerprint density at radius 3 is 2.61 bits per heavy atom. The number of anilines is 1. The number of amides is 1. The van der Waals surface area contributed by atoms with Crippen LogP contribution in [0.15, 0.2) is 59.1 Å². The van der Waals surface area contributed by atoms with Crippen molar-refractivity contribution in [1.29, 1.82) is 0 Å². The van der Waals surface area contributed by atoms with E-state index in [1.807, 2.05) is 60.3 Å². The molecule has 9 heteroatoms. The predicted octanol–water partition coefficient (Wildman–Crippen LogP) is 5.12. The van der Waals surface area contributed by atoms with Gasteiger partial charge in [-0.2, -0.15) is 0 Å². The van der Waals surface area contributed by atoms with E-state index in [-0.39, 0.29) is 11.7 Å². The Labute approximate surface area is 201 Å². The van der Waals surface area contributed by atoms with Crippen molar-refractivity contribution >= 4 is 34.1 Å². The molecule has 4 rings (SSSR count). The van der Waals surface area contributed by atoms with Gasteiger partial charge in [0, 0.05) is 18.0 Å². The van der Waals surface area contributed by atoms with Crippen LogP contribution in [0.1, 0.15) is 23.9 Å². The summed E-state index contributed by atoms with van der Waals surface area (Å²) in [6.07, 6.45) is 0.994. The number of benzene rings is 2. The molecule has 0 saturated carbocycles. The van der Waals surface area contributed by atoms with E-state index in [2.05, 4.69) is 39.6 Å². The highest BCUT2D eigenvalue weighted by Gasteiger charge is 2.13. The average molecular weight is 480 g/mol. The van der Waals surface area contributed by atoms with Gasteiger partial charge in [-0.05, 0) is 31.0 Å². The third kappa shape index (κ3) is 6.00. The monoisotopic (exact) mass is 479 g/mol. The highest BCUT2D eigenvalue weighted by Crippen LogP contribution is 2.25. The highest BCUT2D eigenvalue weighted by atomic mass is 32.2. The number of thiazole rings is 1. The molecule has 2 aromatic heterocycles. The van der Waals surface area contributed by atoms with Gasteiger partial charge in [0.05, 0.1) is 11.4 Å². The van der Waals surface area contributed by atoms with Gasteiger partial charge >= 0.3 is 0 Å². The molecule has 2 aromatic carbocycles. The maximum Gasteiger partial charge on any atom is 0.236 e. The minimum absolute atomic E-state index is 0.137. The zero-order chi connectivity index (χ0) is 23.2. The summed E-state index contributed by atoms with van der Waals surface area (Å²) >= 11 is 2.74. The maximum atomic E-state index is 12.4. The number of nitrogens with zero attached hydrogens (tertiary/aromatic N) is 4. The molecule has 33 heavy (non-hydrogen) atoms. The molecule has 2 heterocycles. The number of hydrogen-bond donors (Lipinski definition) is 1. The number of rotatable bonds is 9. The summed E-state index contributed by atoms with van der Waals surface area (Å²) in [5, 5.41) is 14.4. The van der Waals surface area contributed by atoms with Crippen molar-refractivity contribution in [2.75, 3.05) is 11.1 Å². The molecular formula is C24H25N5O2S2. The molecule has 1 N–H and O–H groups in total. The van der Waals surface area contributed by atoms with Crippen molar-refractivity contribution < 1.29 is 9.53 Å². The van der Waals surface area contributed by atoms with Gasteiger partial charge in [-0.15, -0.1) is 21.5 Å². The molecule has 0 fully saturated rings. The van der Waals surface area contributed by atoms with Crippen LogP contribution in [0.4, 0.5) is 5.13 Å². The summed E-state index contributed by atoms with van der Waals surface area (Å²) in [6, 6.07) is 16.2.